The molecule has 5 rings (SSSR count). The fourth-order valence-electron chi connectivity index (χ4n) is 3.97. The van der Waals surface area contributed by atoms with Crippen LogP contribution in [0.5, 0.6) is 0 Å². The average molecular weight is 358 g/mol. The highest BCUT2D eigenvalue weighted by Crippen LogP contribution is 2.29. The first kappa shape index (κ1) is 16.2. The van der Waals surface area contributed by atoms with E-state index >= 15 is 0 Å². The van der Waals surface area contributed by atoms with Crippen LogP contribution in [0, 0.1) is 0 Å². The van der Waals surface area contributed by atoms with Crippen molar-refractivity contribution in [3.8, 4) is 5.69 Å². The molecule has 1 aromatic carbocycles. The molecule has 3 aromatic heterocycles. The third-order valence-corrected chi connectivity index (χ3v) is 5.54. The first-order valence-electron chi connectivity index (χ1n) is 9.44. The Morgan fingerprint density at radius 2 is 1.78 bits per heavy atom. The minimum absolute atomic E-state index is 0.615. The maximum atomic E-state index is 4.55. The van der Waals surface area contributed by atoms with Crippen LogP contribution in [0.3, 0.4) is 0 Å². The van der Waals surface area contributed by atoms with E-state index in [1.165, 1.54) is 29.4 Å². The molecule has 136 valence electrons. The SMILES string of the molecule is c1cc2cc(C3CCN(Cc4ccc(-n5cnnc5)cc4)CC3)cnc2[nH]1. The summed E-state index contributed by atoms with van der Waals surface area (Å²) in [6.07, 6.45) is 9.83. The number of nitrogens with one attached hydrogen (secondary N) is 1. The van der Waals surface area contributed by atoms with Crippen LogP contribution in [0.4, 0.5) is 0 Å². The topological polar surface area (TPSA) is 62.6 Å². The molecule has 0 bridgehead atoms. The van der Waals surface area contributed by atoms with Crippen LogP contribution in [0.25, 0.3) is 16.7 Å². The van der Waals surface area contributed by atoms with Gasteiger partial charge in [-0.15, -0.1) is 10.2 Å². The van der Waals surface area contributed by atoms with Crippen molar-refractivity contribution in [3.05, 3.63) is 72.6 Å². The number of aromatic nitrogens is 5. The van der Waals surface area contributed by atoms with Crippen LogP contribution >= 0.6 is 0 Å². The van der Waals surface area contributed by atoms with Gasteiger partial charge in [0.1, 0.15) is 18.3 Å². The van der Waals surface area contributed by atoms with E-state index < -0.39 is 0 Å². The highest BCUT2D eigenvalue weighted by atomic mass is 15.2. The van der Waals surface area contributed by atoms with Gasteiger partial charge >= 0.3 is 0 Å². The minimum Gasteiger partial charge on any atom is -0.346 e. The molecule has 4 aromatic rings. The Hall–Kier alpha value is -2.99. The summed E-state index contributed by atoms with van der Waals surface area (Å²) in [5.41, 5.74) is 4.79. The van der Waals surface area contributed by atoms with Gasteiger partial charge in [0.05, 0.1) is 0 Å². The van der Waals surface area contributed by atoms with Gasteiger partial charge in [-0.05, 0) is 67.2 Å². The van der Waals surface area contributed by atoms with E-state index in [2.05, 4.69) is 61.5 Å². The third-order valence-electron chi connectivity index (χ3n) is 5.54. The van der Waals surface area contributed by atoms with Crippen LogP contribution in [0.15, 0.2) is 61.4 Å². The van der Waals surface area contributed by atoms with E-state index in [0.29, 0.717) is 5.92 Å². The number of aromatic amines is 1. The largest absolute Gasteiger partial charge is 0.346 e. The molecule has 1 aliphatic heterocycles. The van der Waals surface area contributed by atoms with Crippen molar-refractivity contribution in [1.29, 1.82) is 0 Å². The molecule has 0 amide bonds. The van der Waals surface area contributed by atoms with Crippen LogP contribution in [0.1, 0.15) is 29.9 Å². The maximum absolute atomic E-state index is 4.55. The van der Waals surface area contributed by atoms with E-state index in [-0.39, 0.29) is 0 Å². The van der Waals surface area contributed by atoms with Crippen molar-refractivity contribution in [2.45, 2.75) is 25.3 Å². The molecule has 0 aliphatic carbocycles. The number of nitrogens with zero attached hydrogens (tertiary/aromatic N) is 5. The minimum atomic E-state index is 0.615. The van der Waals surface area contributed by atoms with Gasteiger partial charge in [-0.3, -0.25) is 9.47 Å². The number of benzene rings is 1. The van der Waals surface area contributed by atoms with Gasteiger partial charge < -0.3 is 4.98 Å². The zero-order valence-electron chi connectivity index (χ0n) is 15.1. The quantitative estimate of drug-likeness (QED) is 0.606. The van der Waals surface area contributed by atoms with Crippen LogP contribution in [0.2, 0.25) is 0 Å². The lowest BCUT2D eigenvalue weighted by Crippen LogP contribution is -2.32. The Labute approximate surface area is 157 Å². The molecule has 0 radical (unpaired) electrons. The number of fused-ring (bicyclic) bond motifs is 1. The molecule has 1 saturated heterocycles. The van der Waals surface area contributed by atoms with E-state index in [1.807, 2.05) is 17.0 Å². The zero-order chi connectivity index (χ0) is 18.1. The summed E-state index contributed by atoms with van der Waals surface area (Å²) >= 11 is 0. The van der Waals surface area contributed by atoms with Gasteiger partial charge in [0, 0.05) is 30.0 Å². The Bertz CT molecular complexity index is 1010. The molecule has 1 aliphatic rings. The molecular weight excluding hydrogens is 336 g/mol. The van der Waals surface area contributed by atoms with Crippen molar-refractivity contribution >= 4 is 11.0 Å². The van der Waals surface area contributed by atoms with E-state index in [1.54, 1.807) is 12.7 Å². The summed E-state index contributed by atoms with van der Waals surface area (Å²) in [4.78, 5) is 10.3. The molecule has 0 unspecified atom stereocenters. The van der Waals surface area contributed by atoms with Gasteiger partial charge in [-0.1, -0.05) is 12.1 Å². The van der Waals surface area contributed by atoms with Crippen LogP contribution < -0.4 is 0 Å². The highest BCUT2D eigenvalue weighted by molar-refractivity contribution is 5.75. The lowest BCUT2D eigenvalue weighted by molar-refractivity contribution is 0.204. The molecule has 1 fully saturated rings. The number of H-pyrrole nitrogens is 1. The Morgan fingerprint density at radius 1 is 1.00 bits per heavy atom. The van der Waals surface area contributed by atoms with Gasteiger partial charge in [0.25, 0.3) is 0 Å². The Balaban J connectivity index is 1.20. The second-order valence-corrected chi connectivity index (χ2v) is 7.27. The molecule has 6 heteroatoms. The molecule has 1 N–H and O–H groups in total. The fourth-order valence-corrected chi connectivity index (χ4v) is 3.97. The van der Waals surface area contributed by atoms with Crippen molar-refractivity contribution in [3.63, 3.8) is 0 Å². The van der Waals surface area contributed by atoms with Crippen molar-refractivity contribution in [2.24, 2.45) is 0 Å². The van der Waals surface area contributed by atoms with E-state index in [0.717, 1.165) is 31.0 Å². The monoisotopic (exact) mass is 358 g/mol. The molecule has 6 nitrogen and oxygen atoms in total. The number of likely N-dealkylation sites (tertiary alicyclic amines) is 1. The number of hydrogen-bond acceptors (Lipinski definition) is 4. The number of pyridine rings is 1. The van der Waals surface area contributed by atoms with E-state index in [9.17, 15) is 0 Å². The van der Waals surface area contributed by atoms with Crippen molar-refractivity contribution in [1.82, 2.24) is 29.6 Å². The molecule has 0 atom stereocenters. The summed E-state index contributed by atoms with van der Waals surface area (Å²) < 4.78 is 1.92. The molecule has 0 saturated carbocycles. The second-order valence-electron chi connectivity index (χ2n) is 7.27. The Morgan fingerprint density at radius 3 is 2.56 bits per heavy atom. The Kier molecular flexibility index (Phi) is 4.18. The van der Waals surface area contributed by atoms with Gasteiger partial charge in [0.15, 0.2) is 0 Å². The van der Waals surface area contributed by atoms with E-state index in [4.69, 9.17) is 0 Å². The van der Waals surface area contributed by atoms with Crippen LogP contribution in [-0.4, -0.2) is 42.7 Å². The van der Waals surface area contributed by atoms with Gasteiger partial charge in [-0.25, -0.2) is 4.98 Å². The molecule has 27 heavy (non-hydrogen) atoms. The smallest absolute Gasteiger partial charge is 0.137 e. The predicted molar refractivity (Wildman–Crippen MR) is 105 cm³/mol. The number of piperidine rings is 1. The molecule has 4 heterocycles. The summed E-state index contributed by atoms with van der Waals surface area (Å²) in [6.45, 7) is 3.26. The first-order chi connectivity index (χ1) is 13.3. The lowest BCUT2D eigenvalue weighted by Gasteiger charge is -2.32. The average Bonchev–Trinajstić information content (AvgIpc) is 3.41. The summed E-state index contributed by atoms with van der Waals surface area (Å²) in [5.74, 6) is 0.615. The highest BCUT2D eigenvalue weighted by Gasteiger charge is 2.21. The zero-order valence-corrected chi connectivity index (χ0v) is 15.1. The summed E-state index contributed by atoms with van der Waals surface area (Å²) in [5, 5.41) is 8.93. The number of hydrogen-bond donors (Lipinski definition) is 1. The number of rotatable bonds is 4. The molecule has 0 spiro atoms. The van der Waals surface area contributed by atoms with Crippen LogP contribution in [-0.2, 0) is 6.54 Å². The lowest BCUT2D eigenvalue weighted by atomic mass is 9.90. The maximum Gasteiger partial charge on any atom is 0.137 e. The normalized spacial score (nSPS) is 16.1. The summed E-state index contributed by atoms with van der Waals surface area (Å²) in [6, 6.07) is 13.1. The van der Waals surface area contributed by atoms with Crippen molar-refractivity contribution < 1.29 is 0 Å². The fraction of sp³-hybridized carbons (Fsp3) is 0.286. The van der Waals surface area contributed by atoms with Gasteiger partial charge in [-0.2, -0.15) is 0 Å². The van der Waals surface area contributed by atoms with Gasteiger partial charge in [0.2, 0.25) is 0 Å². The van der Waals surface area contributed by atoms with Crippen molar-refractivity contribution in [2.75, 3.05) is 13.1 Å². The summed E-state index contributed by atoms with van der Waals surface area (Å²) in [7, 11) is 0. The standard InChI is InChI=1S/C21H22N6/c1-3-20(27-14-24-25-15-27)4-2-16(1)13-26-9-6-17(7-10-26)19-11-18-5-8-22-21(18)23-12-19/h1-5,8,11-12,14-15,17H,6-7,9-10,13H2,(H,22,23). The predicted octanol–water partition coefficient (Wildman–Crippen LogP) is 3.52. The first-order valence-corrected chi connectivity index (χ1v) is 9.44. The molecular formula is C21H22N6. The second kappa shape index (κ2) is 6.96. The third kappa shape index (κ3) is 3.36.